The second kappa shape index (κ2) is 5.12. The maximum atomic E-state index is 11.7. The van der Waals surface area contributed by atoms with Gasteiger partial charge in [-0.1, -0.05) is 30.3 Å². The fourth-order valence-corrected chi connectivity index (χ4v) is 2.82. The molecule has 0 amide bonds. The van der Waals surface area contributed by atoms with Crippen LogP contribution in [0.15, 0.2) is 36.4 Å². The molecule has 1 aliphatic rings. The van der Waals surface area contributed by atoms with E-state index < -0.39 is 0 Å². The van der Waals surface area contributed by atoms with Crippen molar-refractivity contribution in [1.82, 2.24) is 0 Å². The van der Waals surface area contributed by atoms with Crippen LogP contribution in [-0.2, 0) is 13.0 Å². The van der Waals surface area contributed by atoms with Crippen LogP contribution in [0.25, 0.3) is 0 Å². The van der Waals surface area contributed by atoms with Gasteiger partial charge in [0, 0.05) is 17.5 Å². The zero-order chi connectivity index (χ0) is 14.1. The molecule has 0 fully saturated rings. The lowest BCUT2D eigenvalue weighted by Crippen LogP contribution is -2.02. The Morgan fingerprint density at radius 3 is 2.45 bits per heavy atom. The quantitative estimate of drug-likeness (QED) is 0.839. The molecule has 0 saturated carbocycles. The van der Waals surface area contributed by atoms with Gasteiger partial charge in [0.15, 0.2) is 5.78 Å². The van der Waals surface area contributed by atoms with Gasteiger partial charge in [0.2, 0.25) is 0 Å². The fraction of sp³-hybridized carbons (Fsp3) is 0.278. The summed E-state index contributed by atoms with van der Waals surface area (Å²) in [6.07, 6.45) is 1.41. The standard InChI is InChI=1S/C18H18O2/c1-12-5-3-6-13(2)16(12)11-20-18-8-4-7-14-15(18)9-10-17(14)19/h3-8H,9-11H2,1-2H3. The highest BCUT2D eigenvalue weighted by atomic mass is 16.5. The molecule has 0 aromatic heterocycles. The first-order valence-electron chi connectivity index (χ1n) is 7.00. The molecule has 0 bridgehead atoms. The maximum Gasteiger partial charge on any atom is 0.163 e. The van der Waals surface area contributed by atoms with Crippen molar-refractivity contribution in [2.24, 2.45) is 0 Å². The fourth-order valence-electron chi connectivity index (χ4n) is 2.82. The van der Waals surface area contributed by atoms with Crippen molar-refractivity contribution in [2.45, 2.75) is 33.3 Å². The van der Waals surface area contributed by atoms with Crippen molar-refractivity contribution in [3.05, 3.63) is 64.2 Å². The molecular weight excluding hydrogens is 248 g/mol. The van der Waals surface area contributed by atoms with Gasteiger partial charge >= 0.3 is 0 Å². The van der Waals surface area contributed by atoms with Crippen LogP contribution in [0, 0.1) is 13.8 Å². The predicted molar refractivity (Wildman–Crippen MR) is 79.3 cm³/mol. The van der Waals surface area contributed by atoms with E-state index in [1.165, 1.54) is 16.7 Å². The molecule has 0 atom stereocenters. The van der Waals surface area contributed by atoms with Gasteiger partial charge < -0.3 is 4.74 Å². The largest absolute Gasteiger partial charge is 0.489 e. The zero-order valence-corrected chi connectivity index (χ0v) is 11.9. The second-order valence-electron chi connectivity index (χ2n) is 5.36. The molecule has 0 radical (unpaired) electrons. The average molecular weight is 266 g/mol. The number of rotatable bonds is 3. The Labute approximate surface area is 119 Å². The molecule has 20 heavy (non-hydrogen) atoms. The number of hydrogen-bond donors (Lipinski definition) is 0. The third-order valence-corrected chi connectivity index (χ3v) is 4.05. The lowest BCUT2D eigenvalue weighted by Gasteiger charge is -2.13. The number of carbonyl (C=O) groups is 1. The van der Waals surface area contributed by atoms with E-state index >= 15 is 0 Å². The van der Waals surface area contributed by atoms with E-state index in [-0.39, 0.29) is 5.78 Å². The summed E-state index contributed by atoms with van der Waals surface area (Å²) in [5, 5.41) is 0. The van der Waals surface area contributed by atoms with Crippen LogP contribution in [0.5, 0.6) is 5.75 Å². The lowest BCUT2D eigenvalue weighted by molar-refractivity contribution is 0.0994. The van der Waals surface area contributed by atoms with E-state index in [1.807, 2.05) is 18.2 Å². The first-order chi connectivity index (χ1) is 9.66. The summed E-state index contributed by atoms with van der Waals surface area (Å²) < 4.78 is 5.99. The van der Waals surface area contributed by atoms with Gasteiger partial charge in [-0.05, 0) is 43.0 Å². The average Bonchev–Trinajstić information content (AvgIpc) is 2.81. The molecule has 2 aromatic rings. The van der Waals surface area contributed by atoms with E-state index in [9.17, 15) is 4.79 Å². The number of ketones is 1. The lowest BCUT2D eigenvalue weighted by atomic mass is 10.0. The van der Waals surface area contributed by atoms with Crippen LogP contribution in [0.2, 0.25) is 0 Å². The molecule has 0 heterocycles. The van der Waals surface area contributed by atoms with E-state index in [1.54, 1.807) is 0 Å². The Morgan fingerprint density at radius 1 is 1.00 bits per heavy atom. The summed E-state index contributed by atoms with van der Waals surface area (Å²) in [7, 11) is 0. The van der Waals surface area contributed by atoms with Crippen LogP contribution in [-0.4, -0.2) is 5.78 Å². The second-order valence-corrected chi connectivity index (χ2v) is 5.36. The van der Waals surface area contributed by atoms with E-state index in [0.717, 1.165) is 23.3 Å². The third kappa shape index (κ3) is 2.22. The Balaban J connectivity index is 1.85. The van der Waals surface area contributed by atoms with Crippen molar-refractivity contribution >= 4 is 5.78 Å². The molecule has 0 N–H and O–H groups in total. The van der Waals surface area contributed by atoms with Gasteiger partial charge in [-0.3, -0.25) is 4.79 Å². The first kappa shape index (κ1) is 12.9. The minimum atomic E-state index is 0.234. The summed E-state index contributed by atoms with van der Waals surface area (Å²) >= 11 is 0. The number of Topliss-reactive ketones (excluding diaryl/α,β-unsaturated/α-hetero) is 1. The van der Waals surface area contributed by atoms with Crippen molar-refractivity contribution < 1.29 is 9.53 Å². The summed E-state index contributed by atoms with van der Waals surface area (Å²) in [6.45, 7) is 4.76. The zero-order valence-electron chi connectivity index (χ0n) is 11.9. The van der Waals surface area contributed by atoms with E-state index in [2.05, 4.69) is 32.0 Å². The summed E-state index contributed by atoms with van der Waals surface area (Å²) in [4.78, 5) is 11.7. The smallest absolute Gasteiger partial charge is 0.163 e. The Bertz CT molecular complexity index is 651. The van der Waals surface area contributed by atoms with Crippen molar-refractivity contribution in [2.75, 3.05) is 0 Å². The Morgan fingerprint density at radius 2 is 1.70 bits per heavy atom. The molecule has 0 aliphatic heterocycles. The number of ether oxygens (including phenoxy) is 1. The van der Waals surface area contributed by atoms with Crippen LogP contribution in [0.3, 0.4) is 0 Å². The summed E-state index contributed by atoms with van der Waals surface area (Å²) in [5.74, 6) is 1.09. The van der Waals surface area contributed by atoms with Crippen LogP contribution in [0.1, 0.15) is 39.0 Å². The molecule has 102 valence electrons. The number of benzene rings is 2. The third-order valence-electron chi connectivity index (χ3n) is 4.05. The van der Waals surface area contributed by atoms with Gasteiger partial charge in [0.05, 0.1) is 0 Å². The SMILES string of the molecule is Cc1cccc(C)c1COc1cccc2c1CCC2=O. The van der Waals surface area contributed by atoms with E-state index in [0.29, 0.717) is 13.0 Å². The summed E-state index contributed by atoms with van der Waals surface area (Å²) in [6, 6.07) is 12.0. The topological polar surface area (TPSA) is 26.3 Å². The molecule has 0 spiro atoms. The molecule has 2 heteroatoms. The Hall–Kier alpha value is -2.09. The minimum Gasteiger partial charge on any atom is -0.489 e. The number of fused-ring (bicyclic) bond motifs is 1. The van der Waals surface area contributed by atoms with Crippen LogP contribution < -0.4 is 4.74 Å². The van der Waals surface area contributed by atoms with Gasteiger partial charge in [0.1, 0.15) is 12.4 Å². The van der Waals surface area contributed by atoms with Gasteiger partial charge in [-0.15, -0.1) is 0 Å². The molecule has 2 aromatic carbocycles. The van der Waals surface area contributed by atoms with Crippen molar-refractivity contribution in [3.63, 3.8) is 0 Å². The minimum absolute atomic E-state index is 0.234. The Kier molecular flexibility index (Phi) is 3.31. The van der Waals surface area contributed by atoms with Crippen LogP contribution in [0.4, 0.5) is 0 Å². The van der Waals surface area contributed by atoms with Gasteiger partial charge in [-0.25, -0.2) is 0 Å². The predicted octanol–water partition coefficient (Wildman–Crippen LogP) is 4.01. The van der Waals surface area contributed by atoms with Crippen molar-refractivity contribution in [1.29, 1.82) is 0 Å². The molecule has 0 saturated heterocycles. The highest BCUT2D eigenvalue weighted by molar-refractivity contribution is 6.01. The first-order valence-corrected chi connectivity index (χ1v) is 7.00. The molecule has 3 rings (SSSR count). The van der Waals surface area contributed by atoms with Crippen molar-refractivity contribution in [3.8, 4) is 5.75 Å². The molecule has 2 nitrogen and oxygen atoms in total. The number of aryl methyl sites for hydroxylation is 2. The van der Waals surface area contributed by atoms with Gasteiger partial charge in [-0.2, -0.15) is 0 Å². The molecule has 1 aliphatic carbocycles. The highest BCUT2D eigenvalue weighted by Gasteiger charge is 2.22. The number of carbonyl (C=O) groups excluding carboxylic acids is 1. The normalized spacial score (nSPS) is 13.4. The van der Waals surface area contributed by atoms with Gasteiger partial charge in [0.25, 0.3) is 0 Å². The summed E-state index contributed by atoms with van der Waals surface area (Å²) in [5.41, 5.74) is 5.63. The van der Waals surface area contributed by atoms with E-state index in [4.69, 9.17) is 4.74 Å². The number of hydrogen-bond acceptors (Lipinski definition) is 2. The molecular formula is C18H18O2. The monoisotopic (exact) mass is 266 g/mol. The highest BCUT2D eigenvalue weighted by Crippen LogP contribution is 2.31. The maximum absolute atomic E-state index is 11.7. The van der Waals surface area contributed by atoms with Crippen LogP contribution >= 0.6 is 0 Å². The molecule has 0 unspecified atom stereocenters.